The van der Waals surface area contributed by atoms with E-state index in [1.165, 1.54) is 11.3 Å². The van der Waals surface area contributed by atoms with Crippen molar-refractivity contribution in [1.82, 2.24) is 4.98 Å². The molecular formula is C13H15ClN3O4S2-. The van der Waals surface area contributed by atoms with E-state index in [1.807, 2.05) is 0 Å². The summed E-state index contributed by atoms with van der Waals surface area (Å²) in [6.07, 6.45) is 0.128. The largest absolute Gasteiger partial charge is 0.755 e. The van der Waals surface area contributed by atoms with Gasteiger partial charge < -0.3 is 15.0 Å². The van der Waals surface area contributed by atoms with Crippen LogP contribution in [0.5, 0.6) is 0 Å². The normalized spacial score (nSPS) is 13.7. The highest BCUT2D eigenvalue weighted by Crippen LogP contribution is 2.31. The molecule has 0 aliphatic rings. The van der Waals surface area contributed by atoms with E-state index in [4.69, 9.17) is 22.1 Å². The summed E-state index contributed by atoms with van der Waals surface area (Å²) in [5, 5.41) is 0.820. The third-order valence-electron chi connectivity index (χ3n) is 2.96. The number of ether oxygens (including phenoxy) is 1. The number of nitrogens with two attached hydrogens (primary N) is 1. The summed E-state index contributed by atoms with van der Waals surface area (Å²) in [4.78, 5) is 15.8. The highest BCUT2D eigenvalue weighted by molar-refractivity contribution is 7.81. The Bertz CT molecular complexity index is 724. The number of hydrogen-bond acceptors (Lipinski definition) is 7. The van der Waals surface area contributed by atoms with E-state index in [1.54, 1.807) is 25.1 Å². The number of halogens is 1. The molecule has 0 saturated carbocycles. The van der Waals surface area contributed by atoms with E-state index in [0.717, 1.165) is 9.01 Å². The van der Waals surface area contributed by atoms with Crippen LogP contribution in [0.2, 0.25) is 5.02 Å². The monoisotopic (exact) mass is 376 g/mol. The molecular weight excluding hydrogens is 362 g/mol. The average molecular weight is 377 g/mol. The van der Waals surface area contributed by atoms with Crippen LogP contribution in [-0.4, -0.2) is 38.9 Å². The van der Waals surface area contributed by atoms with Crippen LogP contribution in [0.4, 0.5) is 5.13 Å². The quantitative estimate of drug-likeness (QED) is 0.583. The van der Waals surface area contributed by atoms with E-state index in [0.29, 0.717) is 15.7 Å². The van der Waals surface area contributed by atoms with E-state index >= 15 is 0 Å². The maximum atomic E-state index is 11.5. The Morgan fingerprint density at radius 3 is 3.00 bits per heavy atom. The van der Waals surface area contributed by atoms with Gasteiger partial charge in [-0.05, 0) is 31.5 Å². The molecule has 0 bridgehead atoms. The second-order valence-electron chi connectivity index (χ2n) is 4.57. The number of nitrogens with zero attached hydrogens (tertiary/aromatic N) is 2. The second kappa shape index (κ2) is 8.02. The van der Waals surface area contributed by atoms with Gasteiger partial charge in [-0.2, -0.15) is 0 Å². The van der Waals surface area contributed by atoms with Crippen molar-refractivity contribution in [1.29, 1.82) is 0 Å². The molecule has 2 rings (SSSR count). The van der Waals surface area contributed by atoms with Gasteiger partial charge in [0.1, 0.15) is 6.04 Å². The fourth-order valence-electron chi connectivity index (χ4n) is 1.85. The highest BCUT2D eigenvalue weighted by Gasteiger charge is 2.19. The van der Waals surface area contributed by atoms with Gasteiger partial charge in [0, 0.05) is 22.8 Å². The topological polar surface area (TPSA) is 109 Å². The van der Waals surface area contributed by atoms with Gasteiger partial charge in [0.05, 0.1) is 16.8 Å². The molecule has 7 nitrogen and oxygen atoms in total. The fourth-order valence-corrected chi connectivity index (χ4v) is 3.62. The zero-order valence-corrected chi connectivity index (χ0v) is 14.6. The number of fused-ring (bicyclic) bond motifs is 1. The van der Waals surface area contributed by atoms with Gasteiger partial charge in [-0.3, -0.25) is 13.3 Å². The lowest BCUT2D eigenvalue weighted by Crippen LogP contribution is -2.37. The van der Waals surface area contributed by atoms with Crippen molar-refractivity contribution in [3.05, 3.63) is 23.2 Å². The summed E-state index contributed by atoms with van der Waals surface area (Å²) in [6, 6.07) is 4.26. The van der Waals surface area contributed by atoms with Crippen LogP contribution in [0.1, 0.15) is 13.3 Å². The van der Waals surface area contributed by atoms with Crippen molar-refractivity contribution in [3.8, 4) is 0 Å². The molecule has 10 heteroatoms. The van der Waals surface area contributed by atoms with Gasteiger partial charge in [0.25, 0.3) is 0 Å². The SMILES string of the molecule is CCOC(=O)C(N)CCN(c1nc2cc(Cl)ccc2s1)S(=O)[O-]. The molecule has 0 aliphatic heterocycles. The number of aromatic nitrogens is 1. The molecule has 0 radical (unpaired) electrons. The Hall–Kier alpha value is -1.26. The van der Waals surface area contributed by atoms with Crippen LogP contribution in [0.15, 0.2) is 18.2 Å². The Kier molecular flexibility index (Phi) is 6.31. The molecule has 2 atom stereocenters. The first-order valence-electron chi connectivity index (χ1n) is 6.77. The van der Waals surface area contributed by atoms with E-state index < -0.39 is 23.3 Å². The maximum Gasteiger partial charge on any atom is 0.322 e. The lowest BCUT2D eigenvalue weighted by atomic mass is 10.2. The van der Waals surface area contributed by atoms with Crippen LogP contribution in [0.3, 0.4) is 0 Å². The van der Waals surface area contributed by atoms with Gasteiger partial charge in [-0.15, -0.1) is 0 Å². The Balaban J connectivity index is 2.14. The molecule has 1 heterocycles. The van der Waals surface area contributed by atoms with Crippen molar-refractivity contribution in [3.63, 3.8) is 0 Å². The third kappa shape index (κ3) is 4.61. The molecule has 2 aromatic rings. The highest BCUT2D eigenvalue weighted by atomic mass is 35.5. The van der Waals surface area contributed by atoms with Crippen LogP contribution < -0.4 is 10.0 Å². The number of esters is 1. The van der Waals surface area contributed by atoms with Gasteiger partial charge in [0.15, 0.2) is 5.13 Å². The van der Waals surface area contributed by atoms with Crippen molar-refractivity contribution in [2.75, 3.05) is 17.5 Å². The Labute approximate surface area is 144 Å². The first-order chi connectivity index (χ1) is 10.9. The zero-order valence-electron chi connectivity index (χ0n) is 12.2. The van der Waals surface area contributed by atoms with Crippen LogP contribution >= 0.6 is 22.9 Å². The summed E-state index contributed by atoms with van der Waals surface area (Å²) in [7, 11) is 0. The number of carbonyl (C=O) groups excluding carboxylic acids is 1. The summed E-state index contributed by atoms with van der Waals surface area (Å²) in [5.74, 6) is -0.555. The molecule has 2 N–H and O–H groups in total. The van der Waals surface area contributed by atoms with E-state index in [9.17, 15) is 13.6 Å². The summed E-state index contributed by atoms with van der Waals surface area (Å²) >= 11 is 4.59. The van der Waals surface area contributed by atoms with Gasteiger partial charge in [0.2, 0.25) is 0 Å². The molecule has 0 amide bonds. The van der Waals surface area contributed by atoms with Gasteiger partial charge in [-0.1, -0.05) is 22.9 Å². The minimum atomic E-state index is -2.53. The van der Waals surface area contributed by atoms with Gasteiger partial charge >= 0.3 is 5.97 Å². The van der Waals surface area contributed by atoms with Crippen molar-refractivity contribution in [2.24, 2.45) is 5.73 Å². The van der Waals surface area contributed by atoms with Crippen LogP contribution in [0.25, 0.3) is 10.2 Å². The van der Waals surface area contributed by atoms with Crippen LogP contribution in [0, 0.1) is 0 Å². The number of rotatable bonds is 7. The lowest BCUT2D eigenvalue weighted by molar-refractivity contribution is -0.144. The maximum absolute atomic E-state index is 11.5. The summed E-state index contributed by atoms with van der Waals surface area (Å²) in [5.41, 5.74) is 6.30. The zero-order chi connectivity index (χ0) is 17.0. The van der Waals surface area contributed by atoms with Crippen LogP contribution in [-0.2, 0) is 20.8 Å². The average Bonchev–Trinajstić information content (AvgIpc) is 2.89. The number of thiazole rings is 1. The van der Waals surface area contributed by atoms with Gasteiger partial charge in [-0.25, -0.2) is 4.98 Å². The summed E-state index contributed by atoms with van der Waals surface area (Å²) in [6.45, 7) is 1.93. The first-order valence-corrected chi connectivity index (χ1v) is 9.00. The summed E-state index contributed by atoms with van der Waals surface area (Å²) < 4.78 is 29.6. The molecule has 1 aromatic heterocycles. The molecule has 0 aliphatic carbocycles. The molecule has 0 saturated heterocycles. The second-order valence-corrected chi connectivity index (χ2v) is 6.90. The number of carbonyl (C=O) groups is 1. The lowest BCUT2D eigenvalue weighted by Gasteiger charge is -2.24. The minimum Gasteiger partial charge on any atom is -0.755 e. The molecule has 2 unspecified atom stereocenters. The molecule has 23 heavy (non-hydrogen) atoms. The van der Waals surface area contributed by atoms with Crippen molar-refractivity contribution >= 4 is 55.5 Å². The number of anilines is 1. The van der Waals surface area contributed by atoms with E-state index in [-0.39, 0.29) is 19.6 Å². The molecule has 1 aromatic carbocycles. The number of benzene rings is 1. The van der Waals surface area contributed by atoms with Crippen molar-refractivity contribution < 1.29 is 18.3 Å². The third-order valence-corrected chi connectivity index (χ3v) is 5.09. The smallest absolute Gasteiger partial charge is 0.322 e. The molecule has 0 spiro atoms. The first kappa shape index (κ1) is 18.1. The van der Waals surface area contributed by atoms with E-state index in [2.05, 4.69) is 4.98 Å². The Morgan fingerprint density at radius 1 is 1.61 bits per heavy atom. The number of hydrogen-bond donors (Lipinski definition) is 1. The molecule has 0 fully saturated rings. The standard InChI is InChI=1S/C13H16ClN3O4S2/c1-2-21-12(18)9(15)5-6-17(23(19)20)13-16-10-7-8(14)3-4-11(10)22-13/h3-4,7,9H,2,5-6,15H2,1H3,(H,19,20)/p-1. The fraction of sp³-hybridized carbons (Fsp3) is 0.385. The van der Waals surface area contributed by atoms with Crippen molar-refractivity contribution in [2.45, 2.75) is 19.4 Å². The molecule has 126 valence electrons. The minimum absolute atomic E-state index is 0.0314. The Morgan fingerprint density at radius 2 is 2.35 bits per heavy atom. The predicted molar refractivity (Wildman–Crippen MR) is 90.1 cm³/mol. The predicted octanol–water partition coefficient (Wildman–Crippen LogP) is 1.83.